The lowest BCUT2D eigenvalue weighted by molar-refractivity contribution is 0.303. The van der Waals surface area contributed by atoms with Crippen molar-refractivity contribution < 1.29 is 0 Å². The minimum absolute atomic E-state index is 0.587. The number of rotatable bonds is 12. The molecule has 0 bridgehead atoms. The van der Waals surface area contributed by atoms with Gasteiger partial charge in [0.15, 0.2) is 0 Å². The van der Waals surface area contributed by atoms with Gasteiger partial charge in [0.05, 0.1) is 11.1 Å². The maximum atomic E-state index is 9.78. The maximum Gasteiger partial charge on any atom is 0.101 e. The van der Waals surface area contributed by atoms with Gasteiger partial charge in [0.1, 0.15) is 12.1 Å². The molecule has 1 aliphatic rings. The van der Waals surface area contributed by atoms with Crippen LogP contribution in [0.2, 0.25) is 0 Å². The molecule has 0 radical (unpaired) electrons. The van der Waals surface area contributed by atoms with Crippen LogP contribution in [0.1, 0.15) is 124 Å². The summed E-state index contributed by atoms with van der Waals surface area (Å²) in [6.07, 6.45) is 17.0. The Hall–Kier alpha value is -2.58. The maximum absolute atomic E-state index is 9.78. The van der Waals surface area contributed by atoms with Gasteiger partial charge in [0.2, 0.25) is 0 Å². The van der Waals surface area contributed by atoms with Gasteiger partial charge >= 0.3 is 0 Å². The second kappa shape index (κ2) is 14.0. The number of nitrogens with zero attached hydrogens (tertiary/aromatic N) is 2. The second-order valence-electron chi connectivity index (χ2n) is 10.3. The molecule has 0 aliphatic heterocycles. The van der Waals surface area contributed by atoms with Gasteiger partial charge < -0.3 is 0 Å². The van der Waals surface area contributed by atoms with Gasteiger partial charge in [0.25, 0.3) is 0 Å². The number of aryl methyl sites for hydroxylation is 3. The molecule has 0 atom stereocenters. The van der Waals surface area contributed by atoms with Crippen LogP contribution in [-0.2, 0) is 19.3 Å². The zero-order chi connectivity index (χ0) is 24.2. The third-order valence-corrected chi connectivity index (χ3v) is 7.85. The topological polar surface area (TPSA) is 47.6 Å². The molecule has 180 valence electrons. The molecule has 3 rings (SSSR count). The predicted molar refractivity (Wildman–Crippen MR) is 142 cm³/mol. The summed E-state index contributed by atoms with van der Waals surface area (Å²) >= 11 is 0. The fraction of sp³-hybridized carbons (Fsp3) is 0.562. The third kappa shape index (κ3) is 7.21. The molecule has 2 aromatic carbocycles. The van der Waals surface area contributed by atoms with E-state index in [2.05, 4.69) is 62.4 Å². The van der Waals surface area contributed by atoms with Crippen LogP contribution in [0, 0.1) is 28.6 Å². The molecule has 0 spiro atoms. The standard InChI is InChI=1S/C32H42N2/c1-3-5-7-9-25-11-16-27(17-12-25)28-18-13-26(14-19-28)15-20-30-22-21-29(10-8-6-4-2)31(23-33)32(30)24-34/h13-14,18-19,21-22,25,27H,3-12,15-17,20H2,1-2H3. The van der Waals surface area contributed by atoms with E-state index in [0.717, 1.165) is 61.5 Å². The van der Waals surface area contributed by atoms with Gasteiger partial charge in [-0.1, -0.05) is 88.8 Å². The Balaban J connectivity index is 1.56. The fourth-order valence-electron chi connectivity index (χ4n) is 5.63. The van der Waals surface area contributed by atoms with Gasteiger partial charge in [-0.15, -0.1) is 0 Å². The van der Waals surface area contributed by atoms with E-state index in [1.165, 1.54) is 62.5 Å². The van der Waals surface area contributed by atoms with Crippen molar-refractivity contribution in [1.29, 1.82) is 10.5 Å². The summed E-state index contributed by atoms with van der Waals surface area (Å²) in [6, 6.07) is 18.0. The molecule has 2 heteroatoms. The summed E-state index contributed by atoms with van der Waals surface area (Å²) in [5.41, 5.74) is 6.02. The summed E-state index contributed by atoms with van der Waals surface area (Å²) < 4.78 is 0. The number of benzene rings is 2. The summed E-state index contributed by atoms with van der Waals surface area (Å²) in [4.78, 5) is 0. The van der Waals surface area contributed by atoms with Crippen LogP contribution in [0.4, 0.5) is 0 Å². The van der Waals surface area contributed by atoms with Crippen LogP contribution in [0.25, 0.3) is 0 Å². The van der Waals surface area contributed by atoms with Crippen molar-refractivity contribution in [2.24, 2.45) is 5.92 Å². The van der Waals surface area contributed by atoms with Gasteiger partial charge in [-0.25, -0.2) is 0 Å². The summed E-state index contributed by atoms with van der Waals surface area (Å²) in [7, 11) is 0. The van der Waals surface area contributed by atoms with Crippen LogP contribution in [0.15, 0.2) is 36.4 Å². The quantitative estimate of drug-likeness (QED) is 0.301. The van der Waals surface area contributed by atoms with Gasteiger partial charge in [-0.2, -0.15) is 10.5 Å². The molecule has 1 fully saturated rings. The molecule has 34 heavy (non-hydrogen) atoms. The van der Waals surface area contributed by atoms with Crippen molar-refractivity contribution >= 4 is 0 Å². The van der Waals surface area contributed by atoms with Crippen molar-refractivity contribution in [3.63, 3.8) is 0 Å². The molecule has 1 aliphatic carbocycles. The van der Waals surface area contributed by atoms with Crippen LogP contribution in [0.5, 0.6) is 0 Å². The van der Waals surface area contributed by atoms with E-state index in [9.17, 15) is 10.5 Å². The number of hydrogen-bond donors (Lipinski definition) is 0. The zero-order valence-corrected chi connectivity index (χ0v) is 21.4. The Morgan fingerprint density at radius 1 is 0.676 bits per heavy atom. The second-order valence-corrected chi connectivity index (χ2v) is 10.3. The Labute approximate surface area is 208 Å². The van der Waals surface area contributed by atoms with Crippen molar-refractivity contribution in [3.05, 3.63) is 69.8 Å². The molecule has 0 N–H and O–H groups in total. The Bertz CT molecular complexity index is 966. The van der Waals surface area contributed by atoms with E-state index in [0.29, 0.717) is 11.1 Å². The van der Waals surface area contributed by atoms with Gasteiger partial charge in [-0.3, -0.25) is 0 Å². The smallest absolute Gasteiger partial charge is 0.101 e. The highest BCUT2D eigenvalue weighted by Crippen LogP contribution is 2.37. The van der Waals surface area contributed by atoms with Crippen LogP contribution in [0.3, 0.4) is 0 Å². The van der Waals surface area contributed by atoms with E-state index in [4.69, 9.17) is 0 Å². The highest BCUT2D eigenvalue weighted by molar-refractivity contribution is 5.55. The summed E-state index contributed by atoms with van der Waals surface area (Å²) in [6.45, 7) is 4.47. The highest BCUT2D eigenvalue weighted by Gasteiger charge is 2.22. The van der Waals surface area contributed by atoms with E-state index in [1.54, 1.807) is 0 Å². The Morgan fingerprint density at radius 2 is 1.26 bits per heavy atom. The zero-order valence-electron chi connectivity index (χ0n) is 21.4. The van der Waals surface area contributed by atoms with E-state index >= 15 is 0 Å². The molecule has 2 nitrogen and oxygen atoms in total. The Kier molecular flexibility index (Phi) is 10.7. The first kappa shape index (κ1) is 26.0. The minimum atomic E-state index is 0.587. The van der Waals surface area contributed by atoms with Crippen molar-refractivity contribution in [2.45, 2.75) is 110 Å². The lowest BCUT2D eigenvalue weighted by atomic mass is 9.77. The van der Waals surface area contributed by atoms with E-state index in [1.807, 2.05) is 0 Å². The SMILES string of the molecule is CCCCCc1ccc(CCc2ccc(C3CCC(CCCCC)CC3)cc2)c(C#N)c1C#N. The molecular formula is C32H42N2. The van der Waals surface area contributed by atoms with Crippen LogP contribution < -0.4 is 0 Å². The molecule has 0 aromatic heterocycles. The Morgan fingerprint density at radius 3 is 1.85 bits per heavy atom. The van der Waals surface area contributed by atoms with E-state index < -0.39 is 0 Å². The lowest BCUT2D eigenvalue weighted by Crippen LogP contribution is -2.13. The number of unbranched alkanes of at least 4 members (excludes halogenated alkanes) is 4. The summed E-state index contributed by atoms with van der Waals surface area (Å²) in [5, 5.41) is 19.5. The number of hydrogen-bond acceptors (Lipinski definition) is 2. The van der Waals surface area contributed by atoms with Crippen molar-refractivity contribution in [2.75, 3.05) is 0 Å². The lowest BCUT2D eigenvalue weighted by Gasteiger charge is -2.29. The van der Waals surface area contributed by atoms with Crippen LogP contribution in [-0.4, -0.2) is 0 Å². The molecular weight excluding hydrogens is 412 g/mol. The molecule has 0 saturated heterocycles. The monoisotopic (exact) mass is 454 g/mol. The first-order valence-electron chi connectivity index (χ1n) is 13.7. The predicted octanol–water partition coefficient (Wildman–Crippen LogP) is 8.80. The molecule has 0 heterocycles. The van der Waals surface area contributed by atoms with Crippen molar-refractivity contribution in [1.82, 2.24) is 0 Å². The molecule has 0 amide bonds. The highest BCUT2D eigenvalue weighted by atomic mass is 14.3. The fourth-order valence-corrected chi connectivity index (χ4v) is 5.63. The third-order valence-electron chi connectivity index (χ3n) is 7.85. The first-order valence-corrected chi connectivity index (χ1v) is 13.7. The average Bonchev–Trinajstić information content (AvgIpc) is 2.88. The first-order chi connectivity index (χ1) is 16.7. The number of nitriles is 2. The largest absolute Gasteiger partial charge is 0.192 e. The van der Waals surface area contributed by atoms with Crippen LogP contribution >= 0.6 is 0 Å². The molecule has 2 aromatic rings. The van der Waals surface area contributed by atoms with E-state index in [-0.39, 0.29) is 0 Å². The summed E-state index contributed by atoms with van der Waals surface area (Å²) in [5.74, 6) is 1.67. The van der Waals surface area contributed by atoms with Gasteiger partial charge in [-0.05, 0) is 85.5 Å². The minimum Gasteiger partial charge on any atom is -0.192 e. The van der Waals surface area contributed by atoms with Gasteiger partial charge in [0, 0.05) is 0 Å². The molecule has 0 unspecified atom stereocenters. The normalized spacial score (nSPS) is 17.8. The average molecular weight is 455 g/mol. The van der Waals surface area contributed by atoms with Crippen molar-refractivity contribution in [3.8, 4) is 12.1 Å². The molecule has 1 saturated carbocycles.